The Kier molecular flexibility index (Phi) is 3.17. The molecule has 0 unspecified atom stereocenters. The number of halogens is 1. The fourth-order valence-electron chi connectivity index (χ4n) is 2.02. The number of carbonyl (C=O) groups is 1. The lowest BCUT2D eigenvalue weighted by molar-refractivity contribution is 0.0525. The van der Waals surface area contributed by atoms with Gasteiger partial charge < -0.3 is 9.47 Å². The van der Waals surface area contributed by atoms with E-state index in [0.717, 1.165) is 22.2 Å². The molecule has 0 spiro atoms. The minimum absolute atomic E-state index is 0.270. The summed E-state index contributed by atoms with van der Waals surface area (Å²) in [6.45, 7) is 6.20. The fourth-order valence-corrected chi connectivity index (χ4v) is 2.48. The summed E-state index contributed by atoms with van der Waals surface area (Å²) in [6.07, 6.45) is 0.718. The first kappa shape index (κ1) is 12.4. The SMILES string of the molecule is CCOC(=O)c1ccc(Br)c2c1CC(C)(C)O2. The lowest BCUT2D eigenvalue weighted by Crippen LogP contribution is -2.25. The van der Waals surface area contributed by atoms with Gasteiger partial charge in [0.1, 0.15) is 11.4 Å². The number of ether oxygens (including phenoxy) is 2. The topological polar surface area (TPSA) is 35.5 Å². The van der Waals surface area contributed by atoms with Crippen LogP contribution in [0.25, 0.3) is 0 Å². The van der Waals surface area contributed by atoms with Gasteiger partial charge in [-0.2, -0.15) is 0 Å². The van der Waals surface area contributed by atoms with Crippen LogP contribution >= 0.6 is 15.9 Å². The summed E-state index contributed by atoms with van der Waals surface area (Å²) in [4.78, 5) is 11.8. The Bertz CT molecular complexity index is 466. The minimum Gasteiger partial charge on any atom is -0.486 e. The van der Waals surface area contributed by atoms with E-state index < -0.39 is 0 Å². The maximum absolute atomic E-state index is 11.8. The lowest BCUT2D eigenvalue weighted by atomic mass is 9.97. The van der Waals surface area contributed by atoms with Gasteiger partial charge in [0.05, 0.1) is 16.6 Å². The van der Waals surface area contributed by atoms with Crippen LogP contribution in [0.4, 0.5) is 0 Å². The van der Waals surface area contributed by atoms with Crippen molar-refractivity contribution in [2.45, 2.75) is 32.8 Å². The Morgan fingerprint density at radius 2 is 2.24 bits per heavy atom. The maximum Gasteiger partial charge on any atom is 0.338 e. The van der Waals surface area contributed by atoms with Crippen molar-refractivity contribution >= 4 is 21.9 Å². The number of fused-ring (bicyclic) bond motifs is 1. The summed E-state index contributed by atoms with van der Waals surface area (Å²) in [5.74, 6) is 0.484. The minimum atomic E-state index is -0.280. The van der Waals surface area contributed by atoms with Crippen LogP contribution in [-0.4, -0.2) is 18.2 Å². The molecule has 2 rings (SSSR count). The molecule has 0 saturated carbocycles. The molecule has 0 radical (unpaired) electrons. The summed E-state index contributed by atoms with van der Waals surface area (Å²) in [7, 11) is 0. The van der Waals surface area contributed by atoms with E-state index in [-0.39, 0.29) is 11.6 Å². The second-order valence-corrected chi connectivity index (χ2v) is 5.52. The van der Waals surface area contributed by atoms with Crippen LogP contribution in [0.5, 0.6) is 5.75 Å². The Morgan fingerprint density at radius 1 is 1.53 bits per heavy atom. The molecular weight excluding hydrogens is 284 g/mol. The second-order valence-electron chi connectivity index (χ2n) is 4.66. The molecule has 0 bridgehead atoms. The predicted molar refractivity (Wildman–Crippen MR) is 68.5 cm³/mol. The first-order valence-electron chi connectivity index (χ1n) is 5.62. The molecule has 0 saturated heterocycles. The van der Waals surface area contributed by atoms with Gasteiger partial charge in [0, 0.05) is 12.0 Å². The van der Waals surface area contributed by atoms with Crippen molar-refractivity contribution in [3.05, 3.63) is 27.7 Å². The standard InChI is InChI=1S/C13H15BrO3/c1-4-16-12(15)8-5-6-10(14)11-9(8)7-13(2,3)17-11/h5-6H,4,7H2,1-3H3. The van der Waals surface area contributed by atoms with Crippen molar-refractivity contribution in [3.63, 3.8) is 0 Å². The van der Waals surface area contributed by atoms with Crippen LogP contribution in [-0.2, 0) is 11.2 Å². The number of rotatable bonds is 2. The molecule has 17 heavy (non-hydrogen) atoms. The van der Waals surface area contributed by atoms with E-state index >= 15 is 0 Å². The van der Waals surface area contributed by atoms with Gasteiger partial charge in [-0.3, -0.25) is 0 Å². The van der Waals surface area contributed by atoms with Gasteiger partial charge in [-0.15, -0.1) is 0 Å². The van der Waals surface area contributed by atoms with E-state index in [0.29, 0.717) is 12.2 Å². The zero-order chi connectivity index (χ0) is 12.6. The molecule has 1 heterocycles. The van der Waals surface area contributed by atoms with Gasteiger partial charge in [-0.05, 0) is 48.8 Å². The van der Waals surface area contributed by atoms with E-state index in [1.807, 2.05) is 19.9 Å². The van der Waals surface area contributed by atoms with Crippen molar-refractivity contribution in [3.8, 4) is 5.75 Å². The summed E-state index contributed by atoms with van der Waals surface area (Å²) < 4.78 is 11.8. The largest absolute Gasteiger partial charge is 0.486 e. The second kappa shape index (κ2) is 4.33. The number of esters is 1. The molecule has 1 aliphatic rings. The molecule has 0 atom stereocenters. The first-order chi connectivity index (χ1) is 7.94. The molecule has 0 N–H and O–H groups in total. The van der Waals surface area contributed by atoms with Crippen molar-refractivity contribution in [1.82, 2.24) is 0 Å². The van der Waals surface area contributed by atoms with Gasteiger partial charge in [0.2, 0.25) is 0 Å². The molecule has 1 aromatic carbocycles. The summed E-state index contributed by atoms with van der Waals surface area (Å²) in [5, 5.41) is 0. The van der Waals surface area contributed by atoms with Gasteiger partial charge in [-0.25, -0.2) is 4.79 Å². The molecule has 1 aliphatic heterocycles. The highest BCUT2D eigenvalue weighted by molar-refractivity contribution is 9.10. The molecule has 0 aliphatic carbocycles. The Balaban J connectivity index is 2.45. The van der Waals surface area contributed by atoms with Gasteiger partial charge in [-0.1, -0.05) is 0 Å². The van der Waals surface area contributed by atoms with E-state index in [1.165, 1.54) is 0 Å². The maximum atomic E-state index is 11.8. The summed E-state index contributed by atoms with van der Waals surface area (Å²) in [5.41, 5.74) is 1.27. The van der Waals surface area contributed by atoms with Crippen LogP contribution in [0.3, 0.4) is 0 Å². The third kappa shape index (κ3) is 2.32. The van der Waals surface area contributed by atoms with Crippen molar-refractivity contribution in [2.75, 3.05) is 6.61 Å². The van der Waals surface area contributed by atoms with E-state index in [1.54, 1.807) is 13.0 Å². The summed E-state index contributed by atoms with van der Waals surface area (Å²) in [6, 6.07) is 3.61. The normalized spacial score (nSPS) is 16.2. The fraction of sp³-hybridized carbons (Fsp3) is 0.462. The highest BCUT2D eigenvalue weighted by atomic mass is 79.9. The van der Waals surface area contributed by atoms with E-state index in [2.05, 4.69) is 15.9 Å². The molecule has 92 valence electrons. The van der Waals surface area contributed by atoms with Crippen LogP contribution in [0.2, 0.25) is 0 Å². The molecule has 3 nitrogen and oxygen atoms in total. The highest BCUT2D eigenvalue weighted by Crippen LogP contribution is 2.42. The van der Waals surface area contributed by atoms with Crippen molar-refractivity contribution < 1.29 is 14.3 Å². The predicted octanol–water partition coefficient (Wildman–Crippen LogP) is 3.34. The average Bonchev–Trinajstić information content (AvgIpc) is 2.55. The summed E-state index contributed by atoms with van der Waals surface area (Å²) >= 11 is 3.44. The smallest absolute Gasteiger partial charge is 0.338 e. The van der Waals surface area contributed by atoms with Crippen molar-refractivity contribution in [1.29, 1.82) is 0 Å². The average molecular weight is 299 g/mol. The van der Waals surface area contributed by atoms with Crippen LogP contribution in [0, 0.1) is 0 Å². The molecule has 4 heteroatoms. The molecule has 0 aromatic heterocycles. The number of carbonyl (C=O) groups excluding carboxylic acids is 1. The molecule has 0 amide bonds. The zero-order valence-corrected chi connectivity index (χ0v) is 11.8. The Labute approximate surface area is 109 Å². The number of hydrogen-bond acceptors (Lipinski definition) is 3. The number of hydrogen-bond donors (Lipinski definition) is 0. The van der Waals surface area contributed by atoms with Crippen LogP contribution in [0.1, 0.15) is 36.7 Å². The monoisotopic (exact) mass is 298 g/mol. The van der Waals surface area contributed by atoms with E-state index in [4.69, 9.17) is 9.47 Å². The first-order valence-corrected chi connectivity index (χ1v) is 6.41. The third-order valence-electron chi connectivity index (χ3n) is 2.69. The van der Waals surface area contributed by atoms with Gasteiger partial charge >= 0.3 is 5.97 Å². The Morgan fingerprint density at radius 3 is 2.88 bits per heavy atom. The lowest BCUT2D eigenvalue weighted by Gasteiger charge is -2.17. The molecule has 1 aromatic rings. The van der Waals surface area contributed by atoms with Gasteiger partial charge in [0.15, 0.2) is 0 Å². The quantitative estimate of drug-likeness (QED) is 0.786. The van der Waals surface area contributed by atoms with Crippen LogP contribution in [0.15, 0.2) is 16.6 Å². The Hall–Kier alpha value is -1.03. The van der Waals surface area contributed by atoms with Crippen LogP contribution < -0.4 is 4.74 Å². The zero-order valence-electron chi connectivity index (χ0n) is 10.2. The molecular formula is C13H15BrO3. The van der Waals surface area contributed by atoms with Crippen molar-refractivity contribution in [2.24, 2.45) is 0 Å². The molecule has 0 fully saturated rings. The highest BCUT2D eigenvalue weighted by Gasteiger charge is 2.35. The third-order valence-corrected chi connectivity index (χ3v) is 3.31. The van der Waals surface area contributed by atoms with E-state index in [9.17, 15) is 4.79 Å². The number of benzene rings is 1. The van der Waals surface area contributed by atoms with Gasteiger partial charge in [0.25, 0.3) is 0 Å².